The lowest BCUT2D eigenvalue weighted by Crippen LogP contribution is -2.18. The smallest absolute Gasteiger partial charge is 0.161 e. The number of carbonyl (C=O) groups is 1. The first-order valence-electron chi connectivity index (χ1n) is 4.61. The van der Waals surface area contributed by atoms with E-state index in [0.717, 1.165) is 6.42 Å². The number of carbonyl (C=O) groups excluding carboxylic acids is 1. The number of hydrogen-bond donors (Lipinski definition) is 0. The van der Waals surface area contributed by atoms with Gasteiger partial charge in [-0.25, -0.2) is 0 Å². The van der Waals surface area contributed by atoms with Crippen molar-refractivity contribution in [3.05, 3.63) is 0 Å². The number of hydrogen-bond acceptors (Lipinski definition) is 3. The Kier molecular flexibility index (Phi) is 6.17. The molecule has 0 fully saturated rings. The van der Waals surface area contributed by atoms with Crippen LogP contribution in [-0.2, 0) is 9.53 Å². The van der Waals surface area contributed by atoms with Crippen LogP contribution >= 0.6 is 0 Å². The average Bonchev–Trinajstić information content (AvgIpc) is 2.15. The number of rotatable bonds is 6. The maximum Gasteiger partial charge on any atom is 0.161 e. The van der Waals surface area contributed by atoms with Gasteiger partial charge in [0.2, 0.25) is 0 Å². The largest absolute Gasteiger partial charge is 0.372 e. The van der Waals surface area contributed by atoms with E-state index < -0.39 is 0 Å². The monoisotopic (exact) mass is 183 g/mol. The molecule has 0 saturated carbocycles. The van der Waals surface area contributed by atoms with E-state index in [2.05, 4.69) is 0 Å². The van der Waals surface area contributed by atoms with Gasteiger partial charge in [-0.05, 0) is 13.3 Å². The third-order valence-corrected chi connectivity index (χ3v) is 1.99. The highest BCUT2D eigenvalue weighted by Crippen LogP contribution is 2.02. The van der Waals surface area contributed by atoms with Gasteiger partial charge < -0.3 is 4.74 Å². The van der Waals surface area contributed by atoms with Crippen LogP contribution in [0.1, 0.15) is 27.2 Å². The molecule has 0 heterocycles. The topological polar surface area (TPSA) is 50.1 Å². The molecular formula is C10H17NO2. The summed E-state index contributed by atoms with van der Waals surface area (Å²) in [5.41, 5.74) is 0. The van der Waals surface area contributed by atoms with E-state index in [0.29, 0.717) is 6.61 Å². The van der Waals surface area contributed by atoms with Crippen molar-refractivity contribution >= 4 is 5.78 Å². The van der Waals surface area contributed by atoms with Crippen LogP contribution in [-0.4, -0.2) is 19.0 Å². The zero-order valence-electron chi connectivity index (χ0n) is 8.54. The Morgan fingerprint density at radius 1 is 1.54 bits per heavy atom. The third kappa shape index (κ3) is 5.37. The zero-order valence-corrected chi connectivity index (χ0v) is 8.54. The standard InChI is InChI=1S/C10H17NO2/c1-4-9(3)10(12)7-13-6-8(2)5-11/h8-9H,4,6-7H2,1-3H3. The molecule has 3 nitrogen and oxygen atoms in total. The molecule has 0 amide bonds. The predicted molar refractivity (Wildman–Crippen MR) is 50.1 cm³/mol. The molecule has 2 atom stereocenters. The van der Waals surface area contributed by atoms with Crippen molar-refractivity contribution in [2.45, 2.75) is 27.2 Å². The summed E-state index contributed by atoms with van der Waals surface area (Å²) in [6.07, 6.45) is 0.843. The molecule has 0 radical (unpaired) electrons. The molecule has 74 valence electrons. The highest BCUT2D eigenvalue weighted by molar-refractivity contribution is 5.81. The molecule has 0 aliphatic rings. The summed E-state index contributed by atoms with van der Waals surface area (Å²) in [5, 5.41) is 8.44. The van der Waals surface area contributed by atoms with Gasteiger partial charge in [0.1, 0.15) is 6.61 Å². The summed E-state index contributed by atoms with van der Waals surface area (Å²) >= 11 is 0. The lowest BCUT2D eigenvalue weighted by atomic mass is 10.0. The van der Waals surface area contributed by atoms with Gasteiger partial charge in [0.25, 0.3) is 0 Å². The van der Waals surface area contributed by atoms with E-state index in [1.54, 1.807) is 6.92 Å². The maximum absolute atomic E-state index is 11.2. The lowest BCUT2D eigenvalue weighted by Gasteiger charge is -2.08. The van der Waals surface area contributed by atoms with Gasteiger partial charge in [0.05, 0.1) is 18.6 Å². The fraction of sp³-hybridized carbons (Fsp3) is 0.800. The summed E-state index contributed by atoms with van der Waals surface area (Å²) in [6, 6.07) is 2.05. The Labute approximate surface area is 79.7 Å². The highest BCUT2D eigenvalue weighted by atomic mass is 16.5. The first-order valence-corrected chi connectivity index (χ1v) is 4.61. The van der Waals surface area contributed by atoms with E-state index in [1.807, 2.05) is 19.9 Å². The van der Waals surface area contributed by atoms with Crippen molar-refractivity contribution in [1.29, 1.82) is 5.26 Å². The van der Waals surface area contributed by atoms with Crippen LogP contribution in [0, 0.1) is 23.2 Å². The van der Waals surface area contributed by atoms with Crippen molar-refractivity contribution in [3.8, 4) is 6.07 Å². The summed E-state index contributed by atoms with van der Waals surface area (Å²) in [5.74, 6) is 0.0507. The molecular weight excluding hydrogens is 166 g/mol. The molecule has 2 unspecified atom stereocenters. The molecule has 3 heteroatoms. The first kappa shape index (κ1) is 12.1. The molecule has 0 spiro atoms. The van der Waals surface area contributed by atoms with Gasteiger partial charge in [-0.3, -0.25) is 4.79 Å². The second-order valence-electron chi connectivity index (χ2n) is 3.32. The SMILES string of the molecule is CCC(C)C(=O)COCC(C)C#N. The van der Waals surface area contributed by atoms with Crippen molar-refractivity contribution in [3.63, 3.8) is 0 Å². The quantitative estimate of drug-likeness (QED) is 0.630. The normalized spacial score (nSPS) is 14.6. The van der Waals surface area contributed by atoms with Gasteiger partial charge in [-0.2, -0.15) is 5.26 Å². The molecule has 0 aromatic rings. The van der Waals surface area contributed by atoms with Crippen LogP contribution in [0.5, 0.6) is 0 Å². The van der Waals surface area contributed by atoms with Crippen molar-refractivity contribution in [2.24, 2.45) is 11.8 Å². The first-order chi connectivity index (χ1) is 6.11. The van der Waals surface area contributed by atoms with Crippen LogP contribution in [0.2, 0.25) is 0 Å². The number of Topliss-reactive ketones (excluding diaryl/α,β-unsaturated/α-hetero) is 1. The van der Waals surface area contributed by atoms with Gasteiger partial charge in [0.15, 0.2) is 5.78 Å². The Morgan fingerprint density at radius 3 is 2.62 bits per heavy atom. The minimum absolute atomic E-state index is 0.0670. The van der Waals surface area contributed by atoms with Gasteiger partial charge in [-0.15, -0.1) is 0 Å². The van der Waals surface area contributed by atoms with Crippen LogP contribution in [0.3, 0.4) is 0 Å². The number of nitriles is 1. The van der Waals surface area contributed by atoms with Crippen LogP contribution in [0.25, 0.3) is 0 Å². The summed E-state index contributed by atoms with van der Waals surface area (Å²) in [6.45, 7) is 6.12. The van der Waals surface area contributed by atoms with Gasteiger partial charge >= 0.3 is 0 Å². The lowest BCUT2D eigenvalue weighted by molar-refractivity contribution is -0.127. The maximum atomic E-state index is 11.2. The fourth-order valence-electron chi connectivity index (χ4n) is 0.743. The fourth-order valence-corrected chi connectivity index (χ4v) is 0.743. The Balaban J connectivity index is 3.55. The van der Waals surface area contributed by atoms with Crippen LogP contribution in [0.15, 0.2) is 0 Å². The van der Waals surface area contributed by atoms with Gasteiger partial charge in [-0.1, -0.05) is 13.8 Å². The number of ketones is 1. The summed E-state index contributed by atoms with van der Waals surface area (Å²) in [7, 11) is 0. The second kappa shape index (κ2) is 6.62. The molecule has 0 aliphatic heterocycles. The predicted octanol–water partition coefficient (Wildman–Crippen LogP) is 1.78. The zero-order chi connectivity index (χ0) is 10.3. The van der Waals surface area contributed by atoms with Gasteiger partial charge in [0, 0.05) is 5.92 Å². The third-order valence-electron chi connectivity index (χ3n) is 1.99. The summed E-state index contributed by atoms with van der Waals surface area (Å²) in [4.78, 5) is 11.2. The molecule has 0 saturated heterocycles. The minimum Gasteiger partial charge on any atom is -0.372 e. The molecule has 0 aliphatic carbocycles. The Hall–Kier alpha value is -0.880. The minimum atomic E-state index is -0.135. The van der Waals surface area contributed by atoms with E-state index in [-0.39, 0.29) is 24.2 Å². The van der Waals surface area contributed by atoms with E-state index in [4.69, 9.17) is 10.00 Å². The number of nitrogens with zero attached hydrogens (tertiary/aromatic N) is 1. The average molecular weight is 183 g/mol. The van der Waals surface area contributed by atoms with E-state index >= 15 is 0 Å². The molecule has 0 aromatic carbocycles. The van der Waals surface area contributed by atoms with Crippen LogP contribution < -0.4 is 0 Å². The Bertz CT molecular complexity index is 196. The molecule has 0 bridgehead atoms. The Morgan fingerprint density at radius 2 is 2.15 bits per heavy atom. The molecule has 0 N–H and O–H groups in total. The van der Waals surface area contributed by atoms with E-state index in [1.165, 1.54) is 0 Å². The van der Waals surface area contributed by atoms with Crippen LogP contribution in [0.4, 0.5) is 0 Å². The van der Waals surface area contributed by atoms with Crippen molar-refractivity contribution in [2.75, 3.05) is 13.2 Å². The molecule has 0 aromatic heterocycles. The highest BCUT2D eigenvalue weighted by Gasteiger charge is 2.10. The molecule has 0 rings (SSSR count). The molecule has 13 heavy (non-hydrogen) atoms. The number of ether oxygens (including phenoxy) is 1. The summed E-state index contributed by atoms with van der Waals surface area (Å²) < 4.78 is 5.10. The van der Waals surface area contributed by atoms with E-state index in [9.17, 15) is 4.79 Å². The van der Waals surface area contributed by atoms with Crippen molar-refractivity contribution in [1.82, 2.24) is 0 Å². The van der Waals surface area contributed by atoms with Crippen molar-refractivity contribution < 1.29 is 9.53 Å². The second-order valence-corrected chi connectivity index (χ2v) is 3.32.